The lowest BCUT2D eigenvalue weighted by Crippen LogP contribution is -3.13. The lowest BCUT2D eigenvalue weighted by atomic mass is 10.2. The van der Waals surface area contributed by atoms with Crippen molar-refractivity contribution in [2.24, 2.45) is 0 Å². The summed E-state index contributed by atoms with van der Waals surface area (Å²) < 4.78 is 31.8. The van der Waals surface area contributed by atoms with E-state index < -0.39 is 10.0 Å². The predicted octanol–water partition coefficient (Wildman–Crippen LogP) is -0.168. The molecule has 2 aliphatic heterocycles. The molecule has 10 nitrogen and oxygen atoms in total. The van der Waals surface area contributed by atoms with Crippen LogP contribution < -0.4 is 15.5 Å². The number of quaternary nitrogens is 1. The third-order valence-electron chi connectivity index (χ3n) is 6.08. The molecule has 2 aliphatic rings. The van der Waals surface area contributed by atoms with Crippen LogP contribution in [0.5, 0.6) is 0 Å². The fourth-order valence-electron chi connectivity index (χ4n) is 4.26. The second-order valence-corrected chi connectivity index (χ2v) is 11.6. The van der Waals surface area contributed by atoms with E-state index in [0.29, 0.717) is 37.9 Å². The minimum absolute atomic E-state index is 0.463. The number of hydrogen-bond acceptors (Lipinski definition) is 9. The van der Waals surface area contributed by atoms with Gasteiger partial charge in [0, 0.05) is 24.8 Å². The summed E-state index contributed by atoms with van der Waals surface area (Å²) in [6.07, 6.45) is 2.99. The van der Waals surface area contributed by atoms with Crippen LogP contribution in [0.4, 0.5) is 11.6 Å². The second kappa shape index (κ2) is 9.11. The maximum absolute atomic E-state index is 11.8. The summed E-state index contributed by atoms with van der Waals surface area (Å²) >= 11 is 1.73. The Labute approximate surface area is 197 Å². The van der Waals surface area contributed by atoms with Gasteiger partial charge in [0.2, 0.25) is 10.0 Å². The van der Waals surface area contributed by atoms with Crippen molar-refractivity contribution in [3.63, 3.8) is 0 Å². The highest BCUT2D eigenvalue weighted by Crippen LogP contribution is 2.34. The Morgan fingerprint density at radius 1 is 1.15 bits per heavy atom. The van der Waals surface area contributed by atoms with E-state index in [1.54, 1.807) is 27.9 Å². The molecule has 0 atom stereocenters. The van der Waals surface area contributed by atoms with Crippen LogP contribution in [-0.4, -0.2) is 86.4 Å². The average Bonchev–Trinajstić information content (AvgIpc) is 3.21. The summed E-state index contributed by atoms with van der Waals surface area (Å²) in [7, 11) is -3.12. The minimum Gasteiger partial charge on any atom is -0.384 e. The van der Waals surface area contributed by atoms with Crippen LogP contribution in [0.25, 0.3) is 21.6 Å². The molecule has 0 unspecified atom stereocenters. The molecule has 0 amide bonds. The monoisotopic (exact) mass is 490 g/mol. The summed E-state index contributed by atoms with van der Waals surface area (Å²) in [4.78, 5) is 18.9. The van der Waals surface area contributed by atoms with Gasteiger partial charge in [-0.3, -0.25) is 0 Å². The maximum atomic E-state index is 11.8. The van der Waals surface area contributed by atoms with E-state index in [2.05, 4.69) is 16.0 Å². The molecule has 0 aromatic carbocycles. The largest absolute Gasteiger partial charge is 0.384 e. The number of sulfonamides is 1. The highest BCUT2D eigenvalue weighted by Gasteiger charge is 2.27. The zero-order valence-corrected chi connectivity index (χ0v) is 20.2. The SMILES string of the molecule is CS(=O)(=O)N1CC[NH+](Cc2cc3nc(-c4ccc(N)nc4)nc(N4CCOCC4)c3s2)CC1. The van der Waals surface area contributed by atoms with Gasteiger partial charge in [-0.1, -0.05) is 0 Å². The molecule has 3 aromatic heterocycles. The molecular weight excluding hydrogens is 462 g/mol. The van der Waals surface area contributed by atoms with E-state index in [4.69, 9.17) is 20.4 Å². The van der Waals surface area contributed by atoms with Gasteiger partial charge < -0.3 is 20.3 Å². The molecule has 0 aliphatic carbocycles. The fourth-order valence-corrected chi connectivity index (χ4v) is 6.29. The first kappa shape index (κ1) is 22.4. The molecule has 12 heteroatoms. The third-order valence-corrected chi connectivity index (χ3v) is 8.51. The number of rotatable bonds is 5. The van der Waals surface area contributed by atoms with Gasteiger partial charge in [-0.15, -0.1) is 11.3 Å². The van der Waals surface area contributed by atoms with Crippen molar-refractivity contribution in [2.75, 3.05) is 69.4 Å². The summed E-state index contributed by atoms with van der Waals surface area (Å²) in [5, 5.41) is 0. The molecule has 2 saturated heterocycles. The molecule has 3 N–H and O–H groups in total. The molecule has 3 aromatic rings. The van der Waals surface area contributed by atoms with E-state index in [1.165, 1.54) is 16.0 Å². The van der Waals surface area contributed by atoms with Crippen molar-refractivity contribution in [3.05, 3.63) is 29.3 Å². The Morgan fingerprint density at radius 2 is 1.91 bits per heavy atom. The Balaban J connectivity index is 1.45. The van der Waals surface area contributed by atoms with E-state index in [1.807, 2.05) is 6.07 Å². The number of thiophene rings is 1. The Bertz CT molecular complexity index is 1230. The van der Waals surface area contributed by atoms with Crippen molar-refractivity contribution >= 4 is 43.2 Å². The minimum atomic E-state index is -3.12. The number of piperazine rings is 1. The van der Waals surface area contributed by atoms with Gasteiger partial charge in [0.15, 0.2) is 11.6 Å². The summed E-state index contributed by atoms with van der Waals surface area (Å²) in [5.41, 5.74) is 7.51. The van der Waals surface area contributed by atoms with Crippen molar-refractivity contribution in [2.45, 2.75) is 6.54 Å². The van der Waals surface area contributed by atoms with E-state index in [9.17, 15) is 8.42 Å². The zero-order chi connectivity index (χ0) is 23.0. The Hall–Kier alpha value is -2.38. The van der Waals surface area contributed by atoms with Crippen LogP contribution in [-0.2, 0) is 21.3 Å². The lowest BCUT2D eigenvalue weighted by Gasteiger charge is -2.30. The molecule has 0 radical (unpaired) electrons. The molecular formula is C21H28N7O3S2+. The average molecular weight is 491 g/mol. The normalized spacial score (nSPS) is 18.8. The quantitative estimate of drug-likeness (QED) is 0.506. The zero-order valence-electron chi connectivity index (χ0n) is 18.5. The van der Waals surface area contributed by atoms with Crippen molar-refractivity contribution in [1.82, 2.24) is 19.3 Å². The highest BCUT2D eigenvalue weighted by atomic mass is 32.2. The number of nitrogens with one attached hydrogen (secondary N) is 1. The van der Waals surface area contributed by atoms with Gasteiger partial charge in [-0.05, 0) is 18.2 Å². The van der Waals surface area contributed by atoms with Gasteiger partial charge in [-0.2, -0.15) is 4.31 Å². The van der Waals surface area contributed by atoms with Crippen molar-refractivity contribution < 1.29 is 18.1 Å². The van der Waals surface area contributed by atoms with E-state index >= 15 is 0 Å². The second-order valence-electron chi connectivity index (χ2n) is 8.46. The lowest BCUT2D eigenvalue weighted by molar-refractivity contribution is -0.917. The number of hydrogen-bond donors (Lipinski definition) is 2. The molecule has 0 saturated carbocycles. The van der Waals surface area contributed by atoms with Crippen LogP contribution in [0.1, 0.15) is 4.88 Å². The third kappa shape index (κ3) is 4.94. The summed E-state index contributed by atoms with van der Waals surface area (Å²) in [6, 6.07) is 5.80. The number of pyridine rings is 1. The van der Waals surface area contributed by atoms with Crippen molar-refractivity contribution in [1.29, 1.82) is 0 Å². The molecule has 0 spiro atoms. The van der Waals surface area contributed by atoms with Crippen LogP contribution >= 0.6 is 11.3 Å². The van der Waals surface area contributed by atoms with E-state index in [0.717, 1.165) is 54.3 Å². The fraction of sp³-hybridized carbons (Fsp3) is 0.476. The number of anilines is 2. The van der Waals surface area contributed by atoms with Gasteiger partial charge in [-0.25, -0.2) is 23.4 Å². The molecule has 176 valence electrons. The number of morpholine rings is 1. The van der Waals surface area contributed by atoms with Crippen LogP contribution in [0.15, 0.2) is 24.4 Å². The Morgan fingerprint density at radius 3 is 2.58 bits per heavy atom. The number of nitrogens with zero attached hydrogens (tertiary/aromatic N) is 5. The number of fused-ring (bicyclic) bond motifs is 1. The summed E-state index contributed by atoms with van der Waals surface area (Å²) in [6.45, 7) is 6.50. The van der Waals surface area contributed by atoms with E-state index in [-0.39, 0.29) is 0 Å². The van der Waals surface area contributed by atoms with Crippen LogP contribution in [0, 0.1) is 0 Å². The first-order valence-corrected chi connectivity index (χ1v) is 13.7. The van der Waals surface area contributed by atoms with Crippen LogP contribution in [0.2, 0.25) is 0 Å². The van der Waals surface area contributed by atoms with Crippen LogP contribution in [0.3, 0.4) is 0 Å². The summed E-state index contributed by atoms with van der Waals surface area (Å²) in [5.74, 6) is 2.03. The number of aromatic nitrogens is 3. The number of ether oxygens (including phenoxy) is 1. The molecule has 5 rings (SSSR count). The maximum Gasteiger partial charge on any atom is 0.211 e. The Kier molecular flexibility index (Phi) is 6.18. The molecule has 33 heavy (non-hydrogen) atoms. The molecule has 0 bridgehead atoms. The highest BCUT2D eigenvalue weighted by molar-refractivity contribution is 7.88. The molecule has 2 fully saturated rings. The molecule has 5 heterocycles. The van der Waals surface area contributed by atoms with Gasteiger partial charge in [0.05, 0.1) is 60.7 Å². The number of nitrogen functional groups attached to an aromatic ring is 1. The van der Waals surface area contributed by atoms with Gasteiger partial charge in [0.25, 0.3) is 0 Å². The van der Waals surface area contributed by atoms with Gasteiger partial charge in [0.1, 0.15) is 12.4 Å². The number of nitrogens with two attached hydrogens (primary N) is 1. The first-order valence-electron chi connectivity index (χ1n) is 11.0. The first-order chi connectivity index (χ1) is 15.9. The standard InChI is InChI=1S/C21H27N7O3S2/c1-33(29,30)28-6-4-26(5-7-28)14-16-12-17-19(32-16)21(27-8-10-31-11-9-27)25-20(24-17)15-2-3-18(22)23-13-15/h2-3,12-13H,4-11,14H2,1H3,(H2,22,23)/p+1. The topological polar surface area (TPSA) is 119 Å². The van der Waals surface area contributed by atoms with Crippen molar-refractivity contribution in [3.8, 4) is 11.4 Å². The smallest absolute Gasteiger partial charge is 0.211 e. The van der Waals surface area contributed by atoms with Gasteiger partial charge >= 0.3 is 0 Å². The predicted molar refractivity (Wildman–Crippen MR) is 129 cm³/mol.